The predicted octanol–water partition coefficient (Wildman–Crippen LogP) is 4.53. The molecule has 1 saturated heterocycles. The summed E-state index contributed by atoms with van der Waals surface area (Å²) < 4.78 is 0. The number of hydrogen-bond donors (Lipinski definition) is 0. The molecule has 1 aliphatic heterocycles. The molecule has 1 atom stereocenters. The van der Waals surface area contributed by atoms with Gasteiger partial charge in [0.15, 0.2) is 0 Å². The molecule has 3 aliphatic rings. The molecule has 8 nitrogen and oxygen atoms in total. The van der Waals surface area contributed by atoms with Crippen molar-refractivity contribution >= 4 is 17.1 Å². The highest BCUT2D eigenvalue weighted by Crippen LogP contribution is 2.57. The number of hydrogen-bond acceptors (Lipinski definition) is 6. The first-order valence-electron chi connectivity index (χ1n) is 9.57. The van der Waals surface area contributed by atoms with Crippen LogP contribution in [0.3, 0.4) is 0 Å². The van der Waals surface area contributed by atoms with E-state index in [0.29, 0.717) is 11.7 Å². The van der Waals surface area contributed by atoms with Gasteiger partial charge in [-0.2, -0.15) is 5.01 Å². The van der Waals surface area contributed by atoms with Crippen LogP contribution in [0, 0.1) is 20.2 Å². The zero-order valence-corrected chi connectivity index (χ0v) is 14.8. The number of nitrogens with zero attached hydrogens (tertiary/aromatic N) is 4. The van der Waals surface area contributed by atoms with Crippen LogP contribution in [0.1, 0.15) is 64.2 Å². The second-order valence-corrected chi connectivity index (χ2v) is 7.68. The SMILES string of the molecule is O=[N+]([O-])c1ccc(N2N(C3CCCCC3)C23CCCCC3)c([N+](=O)[O-])c1. The molecular formula is C18H24N4O4. The number of nitro benzene ring substituents is 2. The van der Waals surface area contributed by atoms with Gasteiger partial charge >= 0.3 is 5.69 Å². The summed E-state index contributed by atoms with van der Waals surface area (Å²) in [5, 5.41) is 27.1. The number of non-ortho nitro benzene ring substituents is 1. The molecule has 1 aromatic rings. The lowest BCUT2D eigenvalue weighted by molar-refractivity contribution is -0.393. The minimum atomic E-state index is -0.575. The zero-order chi connectivity index (χ0) is 18.3. The Bertz CT molecular complexity index is 726. The zero-order valence-electron chi connectivity index (χ0n) is 14.8. The number of rotatable bonds is 4. The van der Waals surface area contributed by atoms with Crippen molar-refractivity contribution in [1.82, 2.24) is 5.01 Å². The molecule has 0 N–H and O–H groups in total. The topological polar surface area (TPSA) is 92.3 Å². The molecule has 2 aliphatic carbocycles. The Morgan fingerprint density at radius 2 is 1.58 bits per heavy atom. The third kappa shape index (κ3) is 2.72. The van der Waals surface area contributed by atoms with Crippen LogP contribution in [0.2, 0.25) is 0 Å². The monoisotopic (exact) mass is 360 g/mol. The van der Waals surface area contributed by atoms with E-state index < -0.39 is 9.85 Å². The molecule has 1 heterocycles. The van der Waals surface area contributed by atoms with Crippen LogP contribution in [0.25, 0.3) is 0 Å². The van der Waals surface area contributed by atoms with E-state index in [1.807, 2.05) is 0 Å². The molecule has 1 aromatic carbocycles. The van der Waals surface area contributed by atoms with E-state index in [-0.39, 0.29) is 17.0 Å². The lowest BCUT2D eigenvalue weighted by atomic mass is 9.89. The number of benzene rings is 1. The molecule has 140 valence electrons. The Kier molecular flexibility index (Phi) is 4.30. The van der Waals surface area contributed by atoms with Crippen molar-refractivity contribution in [2.45, 2.75) is 75.9 Å². The van der Waals surface area contributed by atoms with E-state index in [1.165, 1.54) is 31.7 Å². The number of anilines is 1. The first kappa shape index (κ1) is 17.2. The molecule has 4 rings (SSSR count). The largest absolute Gasteiger partial charge is 0.300 e. The Balaban J connectivity index is 1.72. The van der Waals surface area contributed by atoms with Crippen LogP contribution in [-0.4, -0.2) is 26.6 Å². The quantitative estimate of drug-likeness (QED) is 0.445. The average Bonchev–Trinajstić information content (AvgIpc) is 3.28. The van der Waals surface area contributed by atoms with Gasteiger partial charge in [-0.05, 0) is 44.6 Å². The molecule has 0 radical (unpaired) electrons. The van der Waals surface area contributed by atoms with Crippen LogP contribution in [0.15, 0.2) is 18.2 Å². The van der Waals surface area contributed by atoms with Gasteiger partial charge in [-0.15, -0.1) is 0 Å². The van der Waals surface area contributed by atoms with Crippen molar-refractivity contribution in [1.29, 1.82) is 0 Å². The van der Waals surface area contributed by atoms with E-state index in [9.17, 15) is 20.2 Å². The van der Waals surface area contributed by atoms with Crippen molar-refractivity contribution in [3.63, 3.8) is 0 Å². The van der Waals surface area contributed by atoms with E-state index in [0.717, 1.165) is 44.6 Å². The minimum absolute atomic E-state index is 0.124. The van der Waals surface area contributed by atoms with Gasteiger partial charge in [0, 0.05) is 12.1 Å². The van der Waals surface area contributed by atoms with Crippen molar-refractivity contribution < 1.29 is 9.85 Å². The third-order valence-electron chi connectivity index (χ3n) is 6.17. The summed E-state index contributed by atoms with van der Waals surface area (Å²) in [5.41, 5.74) is -0.0130. The standard InChI is InChI=1S/C18H24N4O4/c23-21(24)15-9-10-16(17(13-15)22(25)26)20-18(11-5-2-6-12-18)19(20)14-7-3-1-4-8-14/h9-10,13-14H,1-8,11-12H2. The highest BCUT2D eigenvalue weighted by molar-refractivity contribution is 5.70. The summed E-state index contributed by atoms with van der Waals surface area (Å²) in [5.74, 6) is 0. The van der Waals surface area contributed by atoms with E-state index in [1.54, 1.807) is 6.07 Å². The lowest BCUT2D eigenvalue weighted by Crippen LogP contribution is -2.30. The Hall–Kier alpha value is -2.22. The summed E-state index contributed by atoms with van der Waals surface area (Å²) in [7, 11) is 0. The molecule has 3 fully saturated rings. The fourth-order valence-corrected chi connectivity index (χ4v) is 4.98. The summed E-state index contributed by atoms with van der Waals surface area (Å²) in [6.07, 6.45) is 11.4. The summed E-state index contributed by atoms with van der Waals surface area (Å²) in [4.78, 5) is 21.6. The molecule has 0 aromatic heterocycles. The number of nitro groups is 2. The Labute approximate surface area is 152 Å². The highest BCUT2D eigenvalue weighted by atomic mass is 16.6. The van der Waals surface area contributed by atoms with Gasteiger partial charge in [0.25, 0.3) is 5.69 Å². The third-order valence-corrected chi connectivity index (χ3v) is 6.17. The Morgan fingerprint density at radius 1 is 0.923 bits per heavy atom. The molecule has 26 heavy (non-hydrogen) atoms. The molecule has 1 spiro atoms. The predicted molar refractivity (Wildman–Crippen MR) is 96.8 cm³/mol. The lowest BCUT2D eigenvalue weighted by Gasteiger charge is -2.26. The fourth-order valence-electron chi connectivity index (χ4n) is 4.98. The Morgan fingerprint density at radius 3 is 2.19 bits per heavy atom. The second kappa shape index (κ2) is 6.50. The van der Waals surface area contributed by atoms with E-state index >= 15 is 0 Å². The summed E-state index contributed by atoms with van der Waals surface area (Å²) in [6.45, 7) is 0. The van der Waals surface area contributed by atoms with Crippen molar-refractivity contribution in [3.05, 3.63) is 38.4 Å². The van der Waals surface area contributed by atoms with E-state index in [4.69, 9.17) is 0 Å². The number of hydrazine groups is 1. The molecule has 0 bridgehead atoms. The van der Waals surface area contributed by atoms with E-state index in [2.05, 4.69) is 10.0 Å². The van der Waals surface area contributed by atoms with Gasteiger partial charge in [0.2, 0.25) is 0 Å². The summed E-state index contributed by atoms with van der Waals surface area (Å²) >= 11 is 0. The van der Waals surface area contributed by atoms with Gasteiger partial charge in [-0.25, -0.2) is 0 Å². The van der Waals surface area contributed by atoms with Gasteiger partial charge in [0.1, 0.15) is 11.4 Å². The first-order chi connectivity index (χ1) is 12.5. The van der Waals surface area contributed by atoms with Crippen LogP contribution in [0.5, 0.6) is 0 Å². The minimum Gasteiger partial charge on any atom is -0.275 e. The van der Waals surface area contributed by atoms with Crippen LogP contribution >= 0.6 is 0 Å². The molecule has 0 amide bonds. The van der Waals surface area contributed by atoms with Gasteiger partial charge in [-0.3, -0.25) is 25.2 Å². The van der Waals surface area contributed by atoms with Gasteiger partial charge < -0.3 is 0 Å². The van der Waals surface area contributed by atoms with Crippen LogP contribution in [-0.2, 0) is 0 Å². The normalized spacial score (nSPS) is 25.2. The molecule has 2 saturated carbocycles. The van der Waals surface area contributed by atoms with Crippen molar-refractivity contribution in [3.8, 4) is 0 Å². The highest BCUT2D eigenvalue weighted by Gasteiger charge is 2.64. The maximum Gasteiger partial charge on any atom is 0.300 e. The average molecular weight is 360 g/mol. The summed E-state index contributed by atoms with van der Waals surface area (Å²) in [6, 6.07) is 4.48. The maximum absolute atomic E-state index is 11.6. The second-order valence-electron chi connectivity index (χ2n) is 7.68. The smallest absolute Gasteiger partial charge is 0.275 e. The van der Waals surface area contributed by atoms with Crippen LogP contribution < -0.4 is 5.01 Å². The fraction of sp³-hybridized carbons (Fsp3) is 0.667. The molecule has 1 unspecified atom stereocenters. The molecule has 8 heteroatoms. The first-order valence-corrected chi connectivity index (χ1v) is 9.57. The van der Waals surface area contributed by atoms with Crippen molar-refractivity contribution in [2.24, 2.45) is 0 Å². The van der Waals surface area contributed by atoms with Crippen molar-refractivity contribution in [2.75, 3.05) is 5.01 Å². The van der Waals surface area contributed by atoms with Gasteiger partial charge in [-0.1, -0.05) is 25.7 Å². The van der Waals surface area contributed by atoms with Crippen LogP contribution in [0.4, 0.5) is 17.1 Å². The molecular weight excluding hydrogens is 336 g/mol. The maximum atomic E-state index is 11.6. The van der Waals surface area contributed by atoms with Gasteiger partial charge in [0.05, 0.1) is 15.9 Å².